The van der Waals surface area contributed by atoms with E-state index >= 15 is 0 Å². The summed E-state index contributed by atoms with van der Waals surface area (Å²) in [6.07, 6.45) is 0.678. The Kier molecular flexibility index (Phi) is 9.51. The zero-order chi connectivity index (χ0) is 26.1. The second-order valence-electron chi connectivity index (χ2n) is 9.17. The van der Waals surface area contributed by atoms with Gasteiger partial charge in [-0.05, 0) is 48.6 Å². The van der Waals surface area contributed by atoms with Crippen molar-refractivity contribution in [3.8, 4) is 11.1 Å². The van der Waals surface area contributed by atoms with E-state index in [1.807, 2.05) is 49.4 Å². The minimum atomic E-state index is -0.698. The summed E-state index contributed by atoms with van der Waals surface area (Å²) in [4.78, 5) is 38.3. The van der Waals surface area contributed by atoms with Crippen molar-refractivity contribution in [2.75, 3.05) is 7.11 Å². The number of carbonyl (C=O) groups excluding carboxylic acids is 3. The molecule has 0 spiro atoms. The molecule has 0 aliphatic heterocycles. The van der Waals surface area contributed by atoms with Gasteiger partial charge in [-0.1, -0.05) is 73.7 Å². The van der Waals surface area contributed by atoms with Crippen LogP contribution in [0.15, 0.2) is 78.9 Å². The molecule has 0 bridgehead atoms. The average Bonchev–Trinajstić information content (AvgIpc) is 2.89. The van der Waals surface area contributed by atoms with Gasteiger partial charge >= 0.3 is 5.97 Å². The summed E-state index contributed by atoms with van der Waals surface area (Å²) in [5.41, 5.74) is 3.45. The molecule has 0 radical (unpaired) electrons. The van der Waals surface area contributed by atoms with E-state index in [2.05, 4.69) is 5.32 Å². The van der Waals surface area contributed by atoms with Crippen molar-refractivity contribution >= 4 is 17.7 Å². The van der Waals surface area contributed by atoms with E-state index in [-0.39, 0.29) is 36.4 Å². The van der Waals surface area contributed by atoms with Gasteiger partial charge in [0.25, 0.3) is 0 Å². The first-order valence-corrected chi connectivity index (χ1v) is 12.1. The molecule has 188 valence electrons. The molecule has 1 unspecified atom stereocenters. The predicted octanol–water partition coefficient (Wildman–Crippen LogP) is 5.63. The highest BCUT2D eigenvalue weighted by molar-refractivity contribution is 5.99. The minimum Gasteiger partial charge on any atom is -0.469 e. The van der Waals surface area contributed by atoms with Crippen molar-refractivity contribution in [1.29, 1.82) is 0 Å². The number of esters is 1. The third-order valence-electron chi connectivity index (χ3n) is 6.20. The Morgan fingerprint density at radius 3 is 2.08 bits per heavy atom. The van der Waals surface area contributed by atoms with Crippen LogP contribution in [0, 0.1) is 17.7 Å². The lowest BCUT2D eigenvalue weighted by molar-refractivity contribution is -0.145. The molecule has 3 aromatic rings. The molecule has 5 nitrogen and oxygen atoms in total. The maximum absolute atomic E-state index is 13.2. The molecule has 0 aliphatic carbocycles. The van der Waals surface area contributed by atoms with Crippen LogP contribution in [0.5, 0.6) is 0 Å². The van der Waals surface area contributed by atoms with Gasteiger partial charge in [0.1, 0.15) is 5.82 Å². The second kappa shape index (κ2) is 12.8. The lowest BCUT2D eigenvalue weighted by Crippen LogP contribution is -2.40. The fourth-order valence-electron chi connectivity index (χ4n) is 4.21. The number of hydrogen-bond donors (Lipinski definition) is 1. The molecule has 0 saturated carbocycles. The Morgan fingerprint density at radius 2 is 1.47 bits per heavy atom. The SMILES string of the molecule is COC(=O)[C@@H](C)C[C@H](CC(=O)c1ccc(-c2ccccc2)cc1)C(=O)NC(C)Cc1ccc(F)cc1. The maximum Gasteiger partial charge on any atom is 0.308 e. The molecule has 3 aromatic carbocycles. The Bertz CT molecular complexity index is 1160. The molecule has 3 atom stereocenters. The molecule has 3 rings (SSSR count). The Labute approximate surface area is 211 Å². The van der Waals surface area contributed by atoms with E-state index in [1.54, 1.807) is 31.2 Å². The van der Waals surface area contributed by atoms with Crippen molar-refractivity contribution in [3.63, 3.8) is 0 Å². The van der Waals surface area contributed by atoms with E-state index in [0.717, 1.165) is 16.7 Å². The van der Waals surface area contributed by atoms with E-state index in [4.69, 9.17) is 4.74 Å². The van der Waals surface area contributed by atoms with Gasteiger partial charge in [-0.3, -0.25) is 14.4 Å². The number of halogens is 1. The molecule has 0 heterocycles. The fraction of sp³-hybridized carbons (Fsp3) is 0.300. The van der Waals surface area contributed by atoms with Crippen LogP contribution in [0.4, 0.5) is 4.39 Å². The number of carbonyl (C=O) groups is 3. The van der Waals surface area contributed by atoms with E-state index < -0.39 is 17.8 Å². The number of nitrogens with one attached hydrogen (secondary N) is 1. The minimum absolute atomic E-state index is 0.0267. The quantitative estimate of drug-likeness (QED) is 0.280. The fourth-order valence-corrected chi connectivity index (χ4v) is 4.21. The van der Waals surface area contributed by atoms with Gasteiger partial charge in [0.15, 0.2) is 5.78 Å². The molecular weight excluding hydrogens is 457 g/mol. The Hall–Kier alpha value is -3.80. The summed E-state index contributed by atoms with van der Waals surface area (Å²) in [7, 11) is 1.30. The molecule has 36 heavy (non-hydrogen) atoms. The first-order chi connectivity index (χ1) is 17.3. The molecule has 0 aliphatic rings. The predicted molar refractivity (Wildman–Crippen MR) is 138 cm³/mol. The van der Waals surface area contributed by atoms with Gasteiger partial charge in [-0.15, -0.1) is 0 Å². The third kappa shape index (κ3) is 7.60. The van der Waals surface area contributed by atoms with Crippen LogP contribution in [0.25, 0.3) is 11.1 Å². The number of benzene rings is 3. The van der Waals surface area contributed by atoms with E-state index in [0.29, 0.717) is 12.0 Å². The highest BCUT2D eigenvalue weighted by Gasteiger charge is 2.28. The molecule has 0 saturated heterocycles. The van der Waals surface area contributed by atoms with Crippen molar-refractivity contribution in [1.82, 2.24) is 5.32 Å². The van der Waals surface area contributed by atoms with E-state index in [9.17, 15) is 18.8 Å². The van der Waals surface area contributed by atoms with Gasteiger partial charge in [-0.2, -0.15) is 0 Å². The first-order valence-electron chi connectivity index (χ1n) is 12.1. The van der Waals surface area contributed by atoms with Crippen LogP contribution in [0.1, 0.15) is 42.6 Å². The molecule has 0 aromatic heterocycles. The zero-order valence-electron chi connectivity index (χ0n) is 20.9. The topological polar surface area (TPSA) is 72.5 Å². The standard InChI is InChI=1S/C30H32FNO4/c1-20(30(35)36-3)17-26(29(34)32-21(2)18-22-9-15-27(31)16-10-22)19-28(33)25-13-11-24(12-14-25)23-7-5-4-6-8-23/h4-16,20-21,26H,17-19H2,1-3H3,(H,32,34)/t20-,21?,26+/m0/s1. The number of ketones is 1. The van der Waals surface area contributed by atoms with E-state index in [1.165, 1.54) is 19.2 Å². The van der Waals surface area contributed by atoms with Gasteiger partial charge in [-0.25, -0.2) is 4.39 Å². The Morgan fingerprint density at radius 1 is 0.861 bits per heavy atom. The van der Waals surface area contributed by atoms with Gasteiger partial charge in [0, 0.05) is 23.9 Å². The van der Waals surface area contributed by atoms with Gasteiger partial charge in [0.05, 0.1) is 13.0 Å². The van der Waals surface area contributed by atoms with Crippen molar-refractivity contribution in [2.45, 2.75) is 39.2 Å². The molecule has 0 fully saturated rings. The number of rotatable bonds is 11. The molecular formula is C30H32FNO4. The van der Waals surface area contributed by atoms with Crippen molar-refractivity contribution in [3.05, 3.63) is 95.8 Å². The largest absolute Gasteiger partial charge is 0.469 e. The summed E-state index contributed by atoms with van der Waals surface area (Å²) >= 11 is 0. The van der Waals surface area contributed by atoms with Gasteiger partial charge in [0.2, 0.25) is 5.91 Å². The summed E-state index contributed by atoms with van der Waals surface area (Å²) in [5.74, 6) is -2.44. The van der Waals surface area contributed by atoms with Crippen molar-refractivity contribution < 1.29 is 23.5 Å². The summed E-state index contributed by atoms with van der Waals surface area (Å²) < 4.78 is 18.0. The van der Waals surface area contributed by atoms with Crippen LogP contribution in [0.3, 0.4) is 0 Å². The smallest absolute Gasteiger partial charge is 0.308 e. The third-order valence-corrected chi connectivity index (χ3v) is 6.20. The van der Waals surface area contributed by atoms with Crippen molar-refractivity contribution in [2.24, 2.45) is 11.8 Å². The molecule has 6 heteroatoms. The monoisotopic (exact) mass is 489 g/mol. The van der Waals surface area contributed by atoms with Crippen LogP contribution in [0.2, 0.25) is 0 Å². The van der Waals surface area contributed by atoms with Crippen LogP contribution >= 0.6 is 0 Å². The van der Waals surface area contributed by atoms with Crippen LogP contribution < -0.4 is 5.32 Å². The van der Waals surface area contributed by atoms with Crippen LogP contribution in [-0.4, -0.2) is 30.8 Å². The lowest BCUT2D eigenvalue weighted by Gasteiger charge is -2.22. The average molecular weight is 490 g/mol. The number of hydrogen-bond acceptors (Lipinski definition) is 4. The lowest BCUT2D eigenvalue weighted by atomic mass is 9.88. The number of Topliss-reactive ketones (excluding diaryl/α,β-unsaturated/α-hetero) is 1. The highest BCUT2D eigenvalue weighted by Crippen LogP contribution is 2.23. The van der Waals surface area contributed by atoms with Gasteiger partial charge < -0.3 is 10.1 Å². The zero-order valence-corrected chi connectivity index (χ0v) is 20.9. The normalized spacial score (nSPS) is 13.3. The number of ether oxygens (including phenoxy) is 1. The molecule has 1 amide bonds. The van der Waals surface area contributed by atoms with Crippen LogP contribution in [-0.2, 0) is 20.7 Å². The number of methoxy groups -OCH3 is 1. The Balaban J connectivity index is 1.70. The maximum atomic E-state index is 13.2. The first kappa shape index (κ1) is 26.8. The molecule has 1 N–H and O–H groups in total. The second-order valence-corrected chi connectivity index (χ2v) is 9.17. The summed E-state index contributed by atoms with van der Waals surface area (Å²) in [5, 5.41) is 2.96. The summed E-state index contributed by atoms with van der Waals surface area (Å²) in [6.45, 7) is 3.54. The summed E-state index contributed by atoms with van der Waals surface area (Å²) in [6, 6.07) is 23.0. The highest BCUT2D eigenvalue weighted by atomic mass is 19.1. The number of amides is 1.